The molecule has 6 atom stereocenters. The van der Waals surface area contributed by atoms with Crippen LogP contribution >= 0.6 is 0 Å². The van der Waals surface area contributed by atoms with Gasteiger partial charge in [-0.15, -0.1) is 6.42 Å². The van der Waals surface area contributed by atoms with Crippen LogP contribution in [0.25, 0.3) is 32.9 Å². The monoisotopic (exact) mass is 740 g/mol. The zero-order chi connectivity index (χ0) is 37.6. The standard InChI is InChI=1S/C40H39F3N6O5/c1-4-26-29(42)9-6-21-12-25(50)13-27(31(21)26)33-32(43)34-28(15-44-33)36(46-39(45-34)53-19-40-10-5-11-48(40)16-22(41)14-40)47-17-23-7-8-24(18-47)49(23)37(51)35-30(20(2)3)38(52)54-35/h1,6,9,12-13,15,20,22-24,30,35,50H,5,7-8,10-11,14,16-19H2,2-3H3/t22-,23-,24+,30-,35+,40+/m1/s1. The number of benzene rings is 2. The molecule has 7 heterocycles. The Bertz CT molecular complexity index is 2270. The number of fused-ring (bicyclic) bond motifs is 5. The maximum Gasteiger partial charge on any atom is 0.319 e. The minimum Gasteiger partial charge on any atom is -0.508 e. The molecule has 2 bridgehead atoms. The van der Waals surface area contributed by atoms with E-state index in [0.717, 1.165) is 32.2 Å². The first-order valence-corrected chi connectivity index (χ1v) is 18.5. The number of amides is 1. The van der Waals surface area contributed by atoms with E-state index in [2.05, 4.69) is 20.8 Å². The molecule has 0 unspecified atom stereocenters. The highest BCUT2D eigenvalue weighted by atomic mass is 19.1. The number of pyridine rings is 1. The molecule has 0 spiro atoms. The number of nitrogens with zero attached hydrogens (tertiary/aromatic N) is 6. The summed E-state index contributed by atoms with van der Waals surface area (Å²) in [5.41, 5.74) is -0.847. The molecule has 280 valence electrons. The maximum absolute atomic E-state index is 17.1. The van der Waals surface area contributed by atoms with Gasteiger partial charge in [0, 0.05) is 55.3 Å². The lowest BCUT2D eigenvalue weighted by Gasteiger charge is -2.45. The summed E-state index contributed by atoms with van der Waals surface area (Å²) < 4.78 is 58.3. The van der Waals surface area contributed by atoms with E-state index in [9.17, 15) is 23.5 Å². The molecule has 14 heteroatoms. The number of aromatic hydroxyl groups is 1. The van der Waals surface area contributed by atoms with Crippen LogP contribution in [0.3, 0.4) is 0 Å². The molecule has 5 saturated heterocycles. The Labute approximate surface area is 309 Å². The summed E-state index contributed by atoms with van der Waals surface area (Å²) in [6.45, 7) is 5.75. The van der Waals surface area contributed by atoms with Gasteiger partial charge in [0.05, 0.1) is 16.5 Å². The zero-order valence-corrected chi connectivity index (χ0v) is 29.9. The lowest BCUT2D eigenvalue weighted by atomic mass is 9.85. The van der Waals surface area contributed by atoms with E-state index in [1.165, 1.54) is 30.5 Å². The number of carbonyl (C=O) groups excluding carboxylic acids is 2. The van der Waals surface area contributed by atoms with Crippen molar-refractivity contribution in [2.75, 3.05) is 37.7 Å². The van der Waals surface area contributed by atoms with Gasteiger partial charge in [-0.05, 0) is 61.7 Å². The van der Waals surface area contributed by atoms with Crippen LogP contribution in [0.4, 0.5) is 19.0 Å². The average Bonchev–Trinajstić information content (AvgIpc) is 3.75. The topological polar surface area (TPSA) is 121 Å². The van der Waals surface area contributed by atoms with Gasteiger partial charge in [0.2, 0.25) is 0 Å². The molecule has 4 aromatic rings. The van der Waals surface area contributed by atoms with Crippen molar-refractivity contribution in [2.45, 2.75) is 75.8 Å². The van der Waals surface area contributed by atoms with Gasteiger partial charge >= 0.3 is 12.0 Å². The number of hydrogen-bond donors (Lipinski definition) is 1. The van der Waals surface area contributed by atoms with Crippen LogP contribution in [0, 0.1) is 35.8 Å². The second-order valence-corrected chi connectivity index (χ2v) is 15.7. The Hall–Kier alpha value is -5.16. The molecule has 5 aliphatic rings. The number of ether oxygens (including phenoxy) is 2. The van der Waals surface area contributed by atoms with Crippen LogP contribution in [0.15, 0.2) is 30.5 Å². The first-order valence-electron chi connectivity index (χ1n) is 18.5. The van der Waals surface area contributed by atoms with Gasteiger partial charge in [0.15, 0.2) is 11.9 Å². The lowest BCUT2D eigenvalue weighted by molar-refractivity contribution is -0.197. The van der Waals surface area contributed by atoms with Crippen LogP contribution in [0.5, 0.6) is 11.8 Å². The molecular formula is C40H39F3N6O5. The Balaban J connectivity index is 1.12. The number of rotatable bonds is 7. The molecule has 0 radical (unpaired) electrons. The van der Waals surface area contributed by atoms with Crippen LogP contribution in [-0.4, -0.2) is 104 Å². The van der Waals surface area contributed by atoms with Crippen LogP contribution in [0.1, 0.15) is 51.5 Å². The number of alkyl halides is 1. The molecule has 0 aliphatic carbocycles. The van der Waals surface area contributed by atoms with E-state index in [0.29, 0.717) is 37.3 Å². The van der Waals surface area contributed by atoms with E-state index in [1.807, 2.05) is 23.6 Å². The number of cyclic esters (lactones) is 1. The molecular weight excluding hydrogens is 701 g/mol. The first kappa shape index (κ1) is 34.6. The van der Waals surface area contributed by atoms with Gasteiger partial charge in [0.1, 0.15) is 47.3 Å². The fourth-order valence-corrected chi connectivity index (χ4v) is 9.65. The average molecular weight is 741 g/mol. The SMILES string of the molecule is C#Cc1c(F)ccc2cc(O)cc(-c3ncc4c(N5C[C@H]6CC[C@@H](C5)N6C(=O)[C@H]5OC(=O)[C@@H]5C(C)C)nc(OC[C@@]56CCCN5C[C@H](F)C6)nc4c3F)c12. The fraction of sp³-hybridized carbons (Fsp3) is 0.475. The third-order valence-corrected chi connectivity index (χ3v) is 12.2. The van der Waals surface area contributed by atoms with Crippen molar-refractivity contribution >= 4 is 39.4 Å². The molecule has 5 aliphatic heterocycles. The first-order chi connectivity index (χ1) is 26.0. The van der Waals surface area contributed by atoms with E-state index >= 15 is 4.39 Å². The molecule has 11 nitrogen and oxygen atoms in total. The number of esters is 1. The number of hydrogen-bond acceptors (Lipinski definition) is 10. The van der Waals surface area contributed by atoms with Crippen molar-refractivity contribution in [1.29, 1.82) is 0 Å². The van der Waals surface area contributed by atoms with Crippen molar-refractivity contribution in [2.24, 2.45) is 11.8 Å². The summed E-state index contributed by atoms with van der Waals surface area (Å²) in [6.07, 6.45) is 8.80. The van der Waals surface area contributed by atoms with Crippen molar-refractivity contribution in [1.82, 2.24) is 24.8 Å². The highest BCUT2D eigenvalue weighted by molar-refractivity contribution is 6.03. The van der Waals surface area contributed by atoms with E-state index in [-0.39, 0.29) is 81.4 Å². The van der Waals surface area contributed by atoms with E-state index in [1.54, 1.807) is 0 Å². The maximum atomic E-state index is 17.1. The summed E-state index contributed by atoms with van der Waals surface area (Å²) >= 11 is 0. The summed E-state index contributed by atoms with van der Waals surface area (Å²) in [5, 5.41) is 11.5. The number of carbonyl (C=O) groups is 2. The third-order valence-electron chi connectivity index (χ3n) is 12.2. The quantitative estimate of drug-likeness (QED) is 0.202. The van der Waals surface area contributed by atoms with Crippen molar-refractivity contribution in [3.63, 3.8) is 0 Å². The Morgan fingerprint density at radius 3 is 2.67 bits per heavy atom. The number of aromatic nitrogens is 3. The van der Waals surface area contributed by atoms with Crippen molar-refractivity contribution in [3.8, 4) is 35.4 Å². The molecule has 5 fully saturated rings. The Morgan fingerprint density at radius 2 is 1.94 bits per heavy atom. The minimum absolute atomic E-state index is 0.0388. The normalized spacial score (nSPS) is 27.7. The Kier molecular flexibility index (Phi) is 8.15. The largest absolute Gasteiger partial charge is 0.508 e. The van der Waals surface area contributed by atoms with Gasteiger partial charge < -0.3 is 24.4 Å². The zero-order valence-electron chi connectivity index (χ0n) is 29.9. The third kappa shape index (κ3) is 5.33. The highest BCUT2D eigenvalue weighted by Gasteiger charge is 2.54. The van der Waals surface area contributed by atoms with Crippen LogP contribution < -0.4 is 9.64 Å². The second kappa shape index (κ2) is 12.7. The number of halogens is 3. The lowest BCUT2D eigenvalue weighted by Crippen LogP contribution is -2.63. The van der Waals surface area contributed by atoms with Crippen molar-refractivity contribution in [3.05, 3.63) is 47.7 Å². The summed E-state index contributed by atoms with van der Waals surface area (Å²) in [6, 6.07) is 4.83. The number of piperazine rings is 1. The van der Waals surface area contributed by atoms with Crippen LogP contribution in [0.2, 0.25) is 0 Å². The summed E-state index contributed by atoms with van der Waals surface area (Å²) in [7, 11) is 0. The highest BCUT2D eigenvalue weighted by Crippen LogP contribution is 2.43. The Morgan fingerprint density at radius 1 is 1.17 bits per heavy atom. The number of terminal acetylenes is 1. The smallest absolute Gasteiger partial charge is 0.319 e. The van der Waals surface area contributed by atoms with Crippen molar-refractivity contribution < 1.29 is 37.3 Å². The van der Waals surface area contributed by atoms with E-state index in [4.69, 9.17) is 20.9 Å². The van der Waals surface area contributed by atoms with E-state index < -0.39 is 35.4 Å². The van der Waals surface area contributed by atoms with Crippen LogP contribution in [-0.2, 0) is 14.3 Å². The minimum atomic E-state index is -0.975. The molecule has 2 aromatic heterocycles. The fourth-order valence-electron chi connectivity index (χ4n) is 9.65. The second-order valence-electron chi connectivity index (χ2n) is 15.7. The predicted octanol–water partition coefficient (Wildman–Crippen LogP) is 5.14. The van der Waals surface area contributed by atoms with Gasteiger partial charge in [-0.3, -0.25) is 19.5 Å². The predicted molar refractivity (Wildman–Crippen MR) is 192 cm³/mol. The molecule has 0 saturated carbocycles. The molecule has 54 heavy (non-hydrogen) atoms. The van der Waals surface area contributed by atoms with Gasteiger partial charge in [0.25, 0.3) is 5.91 Å². The van der Waals surface area contributed by atoms with Gasteiger partial charge in [-0.2, -0.15) is 9.97 Å². The number of phenols is 1. The number of anilines is 1. The van der Waals surface area contributed by atoms with Gasteiger partial charge in [-0.1, -0.05) is 25.8 Å². The molecule has 9 rings (SSSR count). The van der Waals surface area contributed by atoms with Gasteiger partial charge in [-0.25, -0.2) is 13.2 Å². The molecule has 1 amide bonds. The summed E-state index contributed by atoms with van der Waals surface area (Å²) in [5.74, 6) is -0.0805. The molecule has 1 N–H and O–H groups in total. The molecule has 2 aromatic carbocycles. The number of phenolic OH excluding ortho intramolecular Hbond substituents is 1. The summed E-state index contributed by atoms with van der Waals surface area (Å²) in [4.78, 5) is 45.8.